The van der Waals surface area contributed by atoms with Crippen LogP contribution in [0.3, 0.4) is 0 Å². The molecule has 29 heavy (non-hydrogen) atoms. The molecule has 0 fully saturated rings. The summed E-state index contributed by atoms with van der Waals surface area (Å²) in [4.78, 5) is 12.2. The number of rotatable bonds is 5. The standard InChI is InChI=1S/C23H20FN3O2/c24-17-10-12-18(13-11-17)25-15-23(28)27-26-20-14-22(16-6-2-1-3-7-16)29-21-9-5-4-8-19(20)21/h1-13,22,25H,14-15H2,(H,27,28)/b26-20-. The van der Waals surface area contributed by atoms with Crippen LogP contribution in [0.2, 0.25) is 0 Å². The van der Waals surface area contributed by atoms with Gasteiger partial charge in [0.15, 0.2) is 0 Å². The maximum Gasteiger partial charge on any atom is 0.259 e. The van der Waals surface area contributed by atoms with Crippen LogP contribution in [-0.4, -0.2) is 18.2 Å². The van der Waals surface area contributed by atoms with Gasteiger partial charge in [-0.05, 0) is 42.0 Å². The van der Waals surface area contributed by atoms with Gasteiger partial charge >= 0.3 is 0 Å². The van der Waals surface area contributed by atoms with E-state index in [0.29, 0.717) is 12.1 Å². The van der Waals surface area contributed by atoms with Crippen LogP contribution in [0.1, 0.15) is 23.7 Å². The number of carbonyl (C=O) groups is 1. The molecule has 4 rings (SSSR count). The van der Waals surface area contributed by atoms with Crippen molar-refractivity contribution in [2.45, 2.75) is 12.5 Å². The van der Waals surface area contributed by atoms with Crippen LogP contribution in [0, 0.1) is 5.82 Å². The Morgan fingerprint density at radius 2 is 1.72 bits per heavy atom. The summed E-state index contributed by atoms with van der Waals surface area (Å²) in [6.07, 6.45) is 0.381. The molecule has 3 aromatic carbocycles. The monoisotopic (exact) mass is 389 g/mol. The number of para-hydroxylation sites is 1. The van der Waals surface area contributed by atoms with Crippen molar-refractivity contribution in [1.29, 1.82) is 0 Å². The Bertz CT molecular complexity index is 1020. The lowest BCUT2D eigenvalue weighted by atomic mass is 9.96. The number of amides is 1. The van der Waals surface area contributed by atoms with Crippen molar-refractivity contribution in [2.24, 2.45) is 5.10 Å². The van der Waals surface area contributed by atoms with Crippen molar-refractivity contribution in [3.05, 3.63) is 95.8 Å². The van der Waals surface area contributed by atoms with Crippen LogP contribution >= 0.6 is 0 Å². The number of nitrogens with one attached hydrogen (secondary N) is 2. The molecule has 0 saturated carbocycles. The second-order valence-corrected chi connectivity index (χ2v) is 6.67. The molecular weight excluding hydrogens is 369 g/mol. The average Bonchev–Trinajstić information content (AvgIpc) is 2.77. The lowest BCUT2D eigenvalue weighted by Crippen LogP contribution is -2.29. The van der Waals surface area contributed by atoms with Gasteiger partial charge in [-0.25, -0.2) is 9.82 Å². The number of hydrogen-bond donors (Lipinski definition) is 2. The Hall–Kier alpha value is -3.67. The molecule has 0 bridgehead atoms. The van der Waals surface area contributed by atoms with E-state index in [1.165, 1.54) is 12.1 Å². The van der Waals surface area contributed by atoms with E-state index in [0.717, 1.165) is 22.6 Å². The van der Waals surface area contributed by atoms with Crippen molar-refractivity contribution in [2.75, 3.05) is 11.9 Å². The molecule has 2 N–H and O–H groups in total. The highest BCUT2D eigenvalue weighted by Crippen LogP contribution is 2.34. The number of carbonyl (C=O) groups excluding carboxylic acids is 1. The highest BCUT2D eigenvalue weighted by Gasteiger charge is 2.26. The van der Waals surface area contributed by atoms with Gasteiger partial charge in [0.05, 0.1) is 12.3 Å². The molecule has 1 aliphatic rings. The average molecular weight is 389 g/mol. The third kappa shape index (κ3) is 4.60. The molecular formula is C23H20FN3O2. The van der Waals surface area contributed by atoms with Crippen LogP contribution in [0.15, 0.2) is 84.0 Å². The quantitative estimate of drug-likeness (QED) is 0.640. The summed E-state index contributed by atoms with van der Waals surface area (Å²) < 4.78 is 19.1. The number of fused-ring (bicyclic) bond motifs is 1. The number of hydrazone groups is 1. The third-order valence-electron chi connectivity index (χ3n) is 4.63. The maximum absolute atomic E-state index is 13.0. The summed E-state index contributed by atoms with van der Waals surface area (Å²) in [7, 11) is 0. The first-order valence-electron chi connectivity index (χ1n) is 9.35. The third-order valence-corrected chi connectivity index (χ3v) is 4.63. The molecule has 1 atom stereocenters. The number of halogens is 1. The number of anilines is 1. The predicted molar refractivity (Wildman–Crippen MR) is 110 cm³/mol. The Morgan fingerprint density at radius 3 is 2.52 bits per heavy atom. The fourth-order valence-corrected chi connectivity index (χ4v) is 3.17. The Labute approximate surface area is 168 Å². The molecule has 0 spiro atoms. The van der Waals surface area contributed by atoms with Gasteiger partial charge in [-0.3, -0.25) is 4.79 Å². The van der Waals surface area contributed by atoms with Gasteiger partial charge < -0.3 is 10.1 Å². The SMILES string of the molecule is O=C(CNc1ccc(F)cc1)N/N=C1/CC(c2ccccc2)Oc2ccccc21. The second-order valence-electron chi connectivity index (χ2n) is 6.67. The summed E-state index contributed by atoms with van der Waals surface area (Å²) in [5.74, 6) is 0.129. The van der Waals surface area contributed by atoms with Crippen molar-refractivity contribution >= 4 is 17.3 Å². The zero-order valence-electron chi connectivity index (χ0n) is 15.6. The molecule has 0 saturated heterocycles. The number of benzene rings is 3. The van der Waals surface area contributed by atoms with Gasteiger partial charge in [-0.15, -0.1) is 0 Å². The zero-order valence-corrected chi connectivity index (χ0v) is 15.6. The molecule has 1 aliphatic heterocycles. The van der Waals surface area contributed by atoms with Crippen LogP contribution in [0.25, 0.3) is 0 Å². The molecule has 0 aromatic heterocycles. The van der Waals surface area contributed by atoms with E-state index in [2.05, 4.69) is 15.8 Å². The first kappa shape index (κ1) is 18.7. The molecule has 0 aliphatic carbocycles. The largest absolute Gasteiger partial charge is 0.485 e. The van der Waals surface area contributed by atoms with E-state index >= 15 is 0 Å². The fourth-order valence-electron chi connectivity index (χ4n) is 3.17. The van der Waals surface area contributed by atoms with Crippen molar-refractivity contribution < 1.29 is 13.9 Å². The number of ether oxygens (including phenoxy) is 1. The number of nitrogens with zero attached hydrogens (tertiary/aromatic N) is 1. The number of hydrogen-bond acceptors (Lipinski definition) is 4. The van der Waals surface area contributed by atoms with Crippen molar-refractivity contribution in [3.8, 4) is 5.75 Å². The van der Waals surface area contributed by atoms with Crippen molar-refractivity contribution in [3.63, 3.8) is 0 Å². The molecule has 3 aromatic rings. The minimum Gasteiger partial charge on any atom is -0.485 e. The van der Waals surface area contributed by atoms with Crippen LogP contribution in [0.5, 0.6) is 5.75 Å². The van der Waals surface area contributed by atoms with Crippen LogP contribution in [-0.2, 0) is 4.79 Å². The van der Waals surface area contributed by atoms with Crippen molar-refractivity contribution in [1.82, 2.24) is 5.43 Å². The highest BCUT2D eigenvalue weighted by molar-refractivity contribution is 6.04. The van der Waals surface area contributed by atoms with Gasteiger partial charge in [0, 0.05) is 17.7 Å². The smallest absolute Gasteiger partial charge is 0.259 e. The molecule has 0 radical (unpaired) electrons. The Balaban J connectivity index is 1.46. The first-order chi connectivity index (χ1) is 14.2. The van der Waals surface area contributed by atoms with Gasteiger partial charge in [0.2, 0.25) is 0 Å². The van der Waals surface area contributed by atoms with Gasteiger partial charge in [0.25, 0.3) is 5.91 Å². The normalized spacial score (nSPS) is 16.6. The molecule has 6 heteroatoms. The maximum atomic E-state index is 13.0. The molecule has 146 valence electrons. The predicted octanol–water partition coefficient (Wildman–Crippen LogP) is 4.28. The zero-order chi connectivity index (χ0) is 20.1. The lowest BCUT2D eigenvalue weighted by molar-refractivity contribution is -0.119. The molecule has 5 nitrogen and oxygen atoms in total. The topological polar surface area (TPSA) is 62.7 Å². The Morgan fingerprint density at radius 1 is 1.00 bits per heavy atom. The molecule has 1 amide bonds. The van der Waals surface area contributed by atoms with Gasteiger partial charge in [-0.1, -0.05) is 42.5 Å². The lowest BCUT2D eigenvalue weighted by Gasteiger charge is -2.27. The minimum atomic E-state index is -0.322. The van der Waals surface area contributed by atoms with E-state index in [1.807, 2.05) is 54.6 Å². The van der Waals surface area contributed by atoms with E-state index in [-0.39, 0.29) is 24.4 Å². The van der Waals surface area contributed by atoms with Crippen LogP contribution in [0.4, 0.5) is 10.1 Å². The summed E-state index contributed by atoms with van der Waals surface area (Å²) >= 11 is 0. The van der Waals surface area contributed by atoms with E-state index in [4.69, 9.17) is 4.74 Å². The van der Waals surface area contributed by atoms with E-state index in [1.54, 1.807) is 12.1 Å². The Kier molecular flexibility index (Phi) is 5.52. The molecule has 1 heterocycles. The second kappa shape index (κ2) is 8.56. The summed E-state index contributed by atoms with van der Waals surface area (Å²) in [6, 6.07) is 23.4. The van der Waals surface area contributed by atoms with Gasteiger partial charge in [0.1, 0.15) is 17.7 Å². The molecule has 1 unspecified atom stereocenters. The minimum absolute atomic E-state index is 0.0304. The summed E-state index contributed by atoms with van der Waals surface area (Å²) in [6.45, 7) is 0.0304. The van der Waals surface area contributed by atoms with Gasteiger partial charge in [-0.2, -0.15) is 5.10 Å². The summed E-state index contributed by atoms with van der Waals surface area (Å²) in [5, 5.41) is 7.30. The van der Waals surface area contributed by atoms with E-state index in [9.17, 15) is 9.18 Å². The summed E-state index contributed by atoms with van der Waals surface area (Å²) in [5.41, 5.74) is 5.95. The fraction of sp³-hybridized carbons (Fsp3) is 0.130. The highest BCUT2D eigenvalue weighted by atomic mass is 19.1. The van der Waals surface area contributed by atoms with Crippen LogP contribution < -0.4 is 15.5 Å². The first-order valence-corrected chi connectivity index (χ1v) is 9.35. The van der Waals surface area contributed by atoms with E-state index < -0.39 is 0 Å².